The van der Waals surface area contributed by atoms with E-state index >= 15 is 0 Å². The van der Waals surface area contributed by atoms with Crippen molar-refractivity contribution in [3.63, 3.8) is 0 Å². The summed E-state index contributed by atoms with van der Waals surface area (Å²) in [7, 11) is 0. The average Bonchev–Trinajstić information content (AvgIpc) is 2.25. The Kier molecular flexibility index (Phi) is 2.77. The minimum Gasteiger partial charge on any atom is -0.375 e. The first-order valence-corrected chi connectivity index (χ1v) is 4.25. The summed E-state index contributed by atoms with van der Waals surface area (Å²) in [5.41, 5.74) is -0.0182. The normalized spacial score (nSPS) is 28.0. The van der Waals surface area contributed by atoms with Crippen molar-refractivity contribution in [2.75, 3.05) is 13.2 Å². The molecule has 1 atom stereocenters. The Morgan fingerprint density at radius 1 is 1.73 bits per heavy atom. The third kappa shape index (κ3) is 2.09. The second kappa shape index (κ2) is 3.44. The summed E-state index contributed by atoms with van der Waals surface area (Å²) >= 11 is 4.50. The number of rotatable bonds is 2. The molecule has 11 heavy (non-hydrogen) atoms. The van der Waals surface area contributed by atoms with Crippen LogP contribution in [0.5, 0.6) is 0 Å². The van der Waals surface area contributed by atoms with Crippen molar-refractivity contribution < 1.29 is 4.74 Å². The second-order valence-electron chi connectivity index (χ2n) is 3.37. The van der Waals surface area contributed by atoms with Crippen LogP contribution in [0.2, 0.25) is 0 Å². The molecule has 2 nitrogen and oxygen atoms in total. The summed E-state index contributed by atoms with van der Waals surface area (Å²) in [6, 6.07) is 0. The number of thiocarbonyl (C=S) groups is 1. The molecule has 0 aliphatic carbocycles. The van der Waals surface area contributed by atoms with Crippen LogP contribution in [0.25, 0.3) is 0 Å². The summed E-state index contributed by atoms with van der Waals surface area (Å²) in [6.07, 6.45) is 1.09. The van der Waals surface area contributed by atoms with Crippen molar-refractivity contribution in [3.8, 4) is 0 Å². The van der Waals surface area contributed by atoms with Crippen LogP contribution in [-0.4, -0.2) is 23.9 Å². The first kappa shape index (κ1) is 8.85. The number of hydrogen-bond donors (Lipinski definition) is 0. The van der Waals surface area contributed by atoms with Crippen LogP contribution in [0, 0.1) is 5.92 Å². The van der Waals surface area contributed by atoms with Crippen LogP contribution < -0.4 is 0 Å². The fraction of sp³-hybridized carbons (Fsp3) is 0.875. The maximum Gasteiger partial charge on any atom is 0.0673 e. The van der Waals surface area contributed by atoms with Crippen molar-refractivity contribution in [1.29, 1.82) is 0 Å². The molecular weight excluding hydrogens is 158 g/mol. The minimum atomic E-state index is -0.0182. The van der Waals surface area contributed by atoms with Gasteiger partial charge in [0, 0.05) is 12.5 Å². The maximum absolute atomic E-state index is 5.53. The van der Waals surface area contributed by atoms with Gasteiger partial charge in [-0.2, -0.15) is 0 Å². The monoisotopic (exact) mass is 171 g/mol. The smallest absolute Gasteiger partial charge is 0.0673 e. The Morgan fingerprint density at radius 3 is 2.91 bits per heavy atom. The van der Waals surface area contributed by atoms with E-state index in [1.165, 1.54) is 0 Å². The van der Waals surface area contributed by atoms with Gasteiger partial charge in [-0.3, -0.25) is 0 Å². The quantitative estimate of drug-likeness (QED) is 0.467. The van der Waals surface area contributed by atoms with Crippen molar-refractivity contribution in [3.05, 3.63) is 0 Å². The van der Waals surface area contributed by atoms with Crippen LogP contribution in [0.15, 0.2) is 4.99 Å². The van der Waals surface area contributed by atoms with Crippen molar-refractivity contribution in [2.45, 2.75) is 25.9 Å². The number of isothiocyanates is 1. The van der Waals surface area contributed by atoms with Crippen LogP contribution >= 0.6 is 12.2 Å². The van der Waals surface area contributed by atoms with Gasteiger partial charge < -0.3 is 4.74 Å². The minimum absolute atomic E-state index is 0.0182. The summed E-state index contributed by atoms with van der Waals surface area (Å²) in [5, 5.41) is 2.39. The van der Waals surface area contributed by atoms with Crippen LogP contribution in [0.4, 0.5) is 0 Å². The first-order chi connectivity index (χ1) is 5.17. The third-order valence-corrected chi connectivity index (χ3v) is 2.43. The van der Waals surface area contributed by atoms with Crippen LogP contribution in [0.3, 0.4) is 0 Å². The van der Waals surface area contributed by atoms with E-state index in [0.29, 0.717) is 5.92 Å². The highest BCUT2D eigenvalue weighted by Gasteiger charge is 2.35. The first-order valence-electron chi connectivity index (χ1n) is 3.84. The molecule has 1 heterocycles. The molecule has 1 unspecified atom stereocenters. The Morgan fingerprint density at radius 2 is 2.45 bits per heavy atom. The molecule has 0 aromatic heterocycles. The van der Waals surface area contributed by atoms with Crippen LogP contribution in [-0.2, 0) is 4.74 Å². The van der Waals surface area contributed by atoms with E-state index < -0.39 is 0 Å². The predicted octanol–water partition coefficient (Wildman–Crippen LogP) is 1.90. The molecule has 0 bridgehead atoms. The molecule has 0 amide bonds. The lowest BCUT2D eigenvalue weighted by Crippen LogP contribution is -2.29. The van der Waals surface area contributed by atoms with Crippen molar-refractivity contribution in [2.24, 2.45) is 10.9 Å². The molecule has 1 aliphatic heterocycles. The van der Waals surface area contributed by atoms with E-state index in [2.05, 4.69) is 36.2 Å². The molecule has 0 spiro atoms. The standard InChI is InChI=1S/C8H13NOS/c1-8(2)7(3-4-10-8)5-9-6-11/h7H,3-5H2,1-2H3. The largest absolute Gasteiger partial charge is 0.375 e. The van der Waals surface area contributed by atoms with Gasteiger partial charge in [-0.1, -0.05) is 0 Å². The summed E-state index contributed by atoms with van der Waals surface area (Å²) < 4.78 is 5.53. The third-order valence-electron chi connectivity index (χ3n) is 2.30. The van der Waals surface area contributed by atoms with Gasteiger partial charge >= 0.3 is 0 Å². The Balaban J connectivity index is 2.50. The highest BCUT2D eigenvalue weighted by atomic mass is 32.1. The molecule has 1 saturated heterocycles. The average molecular weight is 171 g/mol. The highest BCUT2D eigenvalue weighted by Crippen LogP contribution is 2.31. The lowest BCUT2D eigenvalue weighted by Gasteiger charge is -2.23. The van der Waals surface area contributed by atoms with E-state index in [-0.39, 0.29) is 5.60 Å². The van der Waals surface area contributed by atoms with Gasteiger partial charge in [-0.05, 0) is 32.5 Å². The number of nitrogens with zero attached hydrogens (tertiary/aromatic N) is 1. The van der Waals surface area contributed by atoms with Gasteiger partial charge in [0.25, 0.3) is 0 Å². The molecule has 1 aliphatic rings. The zero-order valence-corrected chi connectivity index (χ0v) is 7.78. The Labute approximate surface area is 72.7 Å². The zero-order chi connectivity index (χ0) is 8.32. The number of aliphatic imine (C=N–C) groups is 1. The molecule has 0 N–H and O–H groups in total. The van der Waals surface area contributed by atoms with Gasteiger partial charge in [0.05, 0.1) is 17.3 Å². The molecule has 62 valence electrons. The van der Waals surface area contributed by atoms with Gasteiger partial charge in [-0.15, -0.1) is 0 Å². The van der Waals surface area contributed by atoms with Crippen molar-refractivity contribution in [1.82, 2.24) is 0 Å². The van der Waals surface area contributed by atoms with Gasteiger partial charge in [0.2, 0.25) is 0 Å². The fourth-order valence-electron chi connectivity index (χ4n) is 1.39. The van der Waals surface area contributed by atoms with Gasteiger partial charge in [0.15, 0.2) is 0 Å². The summed E-state index contributed by atoms with van der Waals surface area (Å²) in [6.45, 7) is 5.81. The molecular formula is C8H13NOS. The van der Waals surface area contributed by atoms with Crippen LogP contribution in [0.1, 0.15) is 20.3 Å². The SMILES string of the molecule is CC1(C)OCCC1CN=C=S. The molecule has 0 radical (unpaired) electrons. The molecule has 0 aromatic rings. The molecule has 1 fully saturated rings. The predicted molar refractivity (Wildman–Crippen MR) is 48.0 cm³/mol. The Bertz CT molecular complexity index is 185. The van der Waals surface area contributed by atoms with E-state index in [1.54, 1.807) is 0 Å². The molecule has 1 rings (SSSR count). The summed E-state index contributed by atoms with van der Waals surface area (Å²) in [5.74, 6) is 0.512. The summed E-state index contributed by atoms with van der Waals surface area (Å²) in [4.78, 5) is 3.93. The molecule has 0 saturated carbocycles. The zero-order valence-electron chi connectivity index (χ0n) is 6.96. The highest BCUT2D eigenvalue weighted by molar-refractivity contribution is 7.78. The number of ether oxygens (including phenoxy) is 1. The second-order valence-corrected chi connectivity index (χ2v) is 3.55. The molecule has 3 heteroatoms. The van der Waals surface area contributed by atoms with E-state index in [1.807, 2.05) is 0 Å². The maximum atomic E-state index is 5.53. The topological polar surface area (TPSA) is 21.6 Å². The lowest BCUT2D eigenvalue weighted by molar-refractivity contribution is 0.0134. The van der Waals surface area contributed by atoms with E-state index in [9.17, 15) is 0 Å². The molecule has 0 aromatic carbocycles. The van der Waals surface area contributed by atoms with E-state index in [4.69, 9.17) is 4.74 Å². The van der Waals surface area contributed by atoms with Gasteiger partial charge in [-0.25, -0.2) is 4.99 Å². The van der Waals surface area contributed by atoms with Gasteiger partial charge in [0.1, 0.15) is 0 Å². The fourth-order valence-corrected chi connectivity index (χ4v) is 1.46. The number of hydrogen-bond acceptors (Lipinski definition) is 3. The lowest BCUT2D eigenvalue weighted by atomic mass is 9.91. The van der Waals surface area contributed by atoms with Crippen molar-refractivity contribution >= 4 is 17.4 Å². The van der Waals surface area contributed by atoms with E-state index in [0.717, 1.165) is 19.6 Å². The Hall–Kier alpha value is -0.240.